The molecule has 40 heavy (non-hydrogen) atoms. The number of amides is 1. The van der Waals surface area contributed by atoms with Crippen molar-refractivity contribution in [3.63, 3.8) is 0 Å². The van der Waals surface area contributed by atoms with Gasteiger partial charge in [0.1, 0.15) is 17.6 Å². The van der Waals surface area contributed by atoms with Crippen molar-refractivity contribution in [2.75, 3.05) is 38.6 Å². The summed E-state index contributed by atoms with van der Waals surface area (Å²) in [5.41, 5.74) is 1.65. The molecule has 3 atom stereocenters. The summed E-state index contributed by atoms with van der Waals surface area (Å²) in [4.78, 5) is 17.6. The van der Waals surface area contributed by atoms with Crippen molar-refractivity contribution in [2.45, 2.75) is 37.4 Å². The number of anilines is 1. The predicted molar refractivity (Wildman–Crippen MR) is 154 cm³/mol. The standard InChI is InChI=1S/C30H37N3O6S/c1-21-17-33(22(2)20-34)30(35)27-16-24(31-40(36,37)26-13-11-25(38-4)12-14-26)10-15-28(27)39-29(21)19-32(3)18-23-8-6-5-7-9-23/h5-16,21-22,29,31,34H,17-20H2,1-4H3/t21-,22+,29-/m1/s1. The van der Waals surface area contributed by atoms with E-state index >= 15 is 0 Å². The Bertz CT molecular complexity index is 1400. The van der Waals surface area contributed by atoms with Crippen LogP contribution in [0.4, 0.5) is 5.69 Å². The quantitative estimate of drug-likeness (QED) is 0.383. The highest BCUT2D eigenvalue weighted by atomic mass is 32.2. The van der Waals surface area contributed by atoms with Gasteiger partial charge in [-0.1, -0.05) is 37.3 Å². The molecule has 0 unspecified atom stereocenters. The number of likely N-dealkylation sites (N-methyl/N-ethyl adjacent to an activating group) is 1. The van der Waals surface area contributed by atoms with Gasteiger partial charge in [0.25, 0.3) is 15.9 Å². The number of sulfonamides is 1. The number of nitrogens with zero attached hydrogens (tertiary/aromatic N) is 2. The van der Waals surface area contributed by atoms with E-state index in [1.165, 1.54) is 30.9 Å². The van der Waals surface area contributed by atoms with Crippen molar-refractivity contribution < 1.29 is 27.8 Å². The van der Waals surface area contributed by atoms with E-state index < -0.39 is 16.1 Å². The molecule has 1 heterocycles. The molecular weight excluding hydrogens is 530 g/mol. The van der Waals surface area contributed by atoms with E-state index in [4.69, 9.17) is 9.47 Å². The van der Waals surface area contributed by atoms with Gasteiger partial charge in [-0.05, 0) is 62.0 Å². The lowest BCUT2D eigenvalue weighted by atomic mass is 9.99. The van der Waals surface area contributed by atoms with E-state index in [-0.39, 0.29) is 40.7 Å². The highest BCUT2D eigenvalue weighted by Gasteiger charge is 2.33. The zero-order valence-electron chi connectivity index (χ0n) is 23.3. The van der Waals surface area contributed by atoms with Gasteiger partial charge in [0.2, 0.25) is 0 Å². The molecule has 1 aliphatic heterocycles. The minimum absolute atomic E-state index is 0.0300. The zero-order valence-corrected chi connectivity index (χ0v) is 24.1. The van der Waals surface area contributed by atoms with Crippen molar-refractivity contribution in [1.82, 2.24) is 9.80 Å². The van der Waals surface area contributed by atoms with Crippen LogP contribution in [0.3, 0.4) is 0 Å². The number of carbonyl (C=O) groups excluding carboxylic acids is 1. The number of aliphatic hydroxyl groups is 1. The lowest BCUT2D eigenvalue weighted by Gasteiger charge is -2.38. The molecule has 0 radical (unpaired) electrons. The second kappa shape index (κ2) is 12.7. The van der Waals surface area contributed by atoms with Crippen LogP contribution in [0.15, 0.2) is 77.7 Å². The third-order valence-corrected chi connectivity index (χ3v) is 8.47. The van der Waals surface area contributed by atoms with Crippen molar-refractivity contribution >= 4 is 21.6 Å². The van der Waals surface area contributed by atoms with Crippen LogP contribution in [0.2, 0.25) is 0 Å². The largest absolute Gasteiger partial charge is 0.497 e. The summed E-state index contributed by atoms with van der Waals surface area (Å²) in [5, 5.41) is 9.91. The smallest absolute Gasteiger partial charge is 0.261 e. The molecular formula is C30H37N3O6S. The monoisotopic (exact) mass is 567 g/mol. The molecule has 3 aromatic carbocycles. The van der Waals surface area contributed by atoms with Gasteiger partial charge in [0.05, 0.1) is 30.2 Å². The Morgan fingerprint density at radius 3 is 2.48 bits per heavy atom. The van der Waals surface area contributed by atoms with Crippen molar-refractivity contribution in [2.24, 2.45) is 5.92 Å². The summed E-state index contributed by atoms with van der Waals surface area (Å²) >= 11 is 0. The summed E-state index contributed by atoms with van der Waals surface area (Å²) < 4.78 is 40.2. The van der Waals surface area contributed by atoms with Crippen LogP contribution in [-0.2, 0) is 16.6 Å². The highest BCUT2D eigenvalue weighted by Crippen LogP contribution is 2.31. The van der Waals surface area contributed by atoms with Crippen LogP contribution in [0.5, 0.6) is 11.5 Å². The normalized spacial score (nSPS) is 18.4. The van der Waals surface area contributed by atoms with Gasteiger partial charge in [-0.3, -0.25) is 14.4 Å². The number of fused-ring (bicyclic) bond motifs is 1. The number of rotatable bonds is 10. The first-order chi connectivity index (χ1) is 19.1. The van der Waals surface area contributed by atoms with Gasteiger partial charge in [-0.15, -0.1) is 0 Å². The maximum Gasteiger partial charge on any atom is 0.261 e. The van der Waals surface area contributed by atoms with Gasteiger partial charge in [-0.25, -0.2) is 8.42 Å². The first-order valence-electron chi connectivity index (χ1n) is 13.2. The topological polar surface area (TPSA) is 108 Å². The van der Waals surface area contributed by atoms with E-state index in [1.54, 1.807) is 36.1 Å². The fraction of sp³-hybridized carbons (Fsp3) is 0.367. The Hall–Kier alpha value is -3.60. The number of benzene rings is 3. The molecule has 0 aromatic heterocycles. The average molecular weight is 568 g/mol. The maximum atomic E-state index is 13.7. The van der Waals surface area contributed by atoms with Crippen LogP contribution < -0.4 is 14.2 Å². The third kappa shape index (κ3) is 6.93. The molecule has 0 saturated carbocycles. The van der Waals surface area contributed by atoms with Crippen LogP contribution in [0.1, 0.15) is 29.8 Å². The Labute approximate surface area is 236 Å². The number of ether oxygens (including phenoxy) is 2. The Balaban J connectivity index is 1.62. The number of nitrogens with one attached hydrogen (secondary N) is 1. The molecule has 2 N–H and O–H groups in total. The van der Waals surface area contributed by atoms with Crippen molar-refractivity contribution in [3.05, 3.63) is 83.9 Å². The first kappa shape index (κ1) is 29.4. The molecule has 9 nitrogen and oxygen atoms in total. The number of aliphatic hydroxyl groups excluding tert-OH is 1. The molecule has 0 bridgehead atoms. The lowest BCUT2D eigenvalue weighted by molar-refractivity contribution is 0.0341. The van der Waals surface area contributed by atoms with Gasteiger partial charge in [0, 0.05) is 31.2 Å². The molecule has 1 amide bonds. The average Bonchev–Trinajstić information content (AvgIpc) is 2.95. The number of hydrogen-bond donors (Lipinski definition) is 2. The second-order valence-corrected chi connectivity index (χ2v) is 12.0. The van der Waals surface area contributed by atoms with E-state index in [0.29, 0.717) is 24.6 Å². The second-order valence-electron chi connectivity index (χ2n) is 10.3. The Kier molecular flexibility index (Phi) is 9.34. The van der Waals surface area contributed by atoms with Crippen molar-refractivity contribution in [3.8, 4) is 11.5 Å². The lowest BCUT2D eigenvalue weighted by Crippen LogP contribution is -2.49. The number of methoxy groups -OCH3 is 1. The maximum absolute atomic E-state index is 13.7. The Morgan fingerprint density at radius 2 is 1.82 bits per heavy atom. The van der Waals surface area contributed by atoms with Crippen LogP contribution in [-0.4, -0.2) is 75.2 Å². The van der Waals surface area contributed by atoms with Gasteiger partial charge in [-0.2, -0.15) is 0 Å². The van der Waals surface area contributed by atoms with E-state index in [9.17, 15) is 18.3 Å². The predicted octanol–water partition coefficient (Wildman–Crippen LogP) is 3.85. The summed E-state index contributed by atoms with van der Waals surface area (Å²) in [6.07, 6.45) is -0.254. The molecule has 0 spiro atoms. The van der Waals surface area contributed by atoms with Gasteiger partial charge < -0.3 is 19.5 Å². The van der Waals surface area contributed by atoms with Crippen LogP contribution >= 0.6 is 0 Å². The minimum atomic E-state index is -3.92. The first-order valence-corrected chi connectivity index (χ1v) is 14.7. The van der Waals surface area contributed by atoms with E-state index in [1.807, 2.05) is 32.2 Å². The zero-order chi connectivity index (χ0) is 28.9. The number of carbonyl (C=O) groups is 1. The molecule has 3 aromatic rings. The summed E-state index contributed by atoms with van der Waals surface area (Å²) in [5.74, 6) is 0.554. The third-order valence-electron chi connectivity index (χ3n) is 7.07. The fourth-order valence-electron chi connectivity index (χ4n) is 4.74. The summed E-state index contributed by atoms with van der Waals surface area (Å²) in [7, 11) is -0.383. The van der Waals surface area contributed by atoms with Gasteiger partial charge in [0.15, 0.2) is 0 Å². The van der Waals surface area contributed by atoms with Crippen LogP contribution in [0, 0.1) is 5.92 Å². The molecule has 0 saturated heterocycles. The Morgan fingerprint density at radius 1 is 1.12 bits per heavy atom. The highest BCUT2D eigenvalue weighted by molar-refractivity contribution is 7.92. The molecule has 4 rings (SSSR count). The molecule has 214 valence electrons. The van der Waals surface area contributed by atoms with Crippen molar-refractivity contribution in [1.29, 1.82) is 0 Å². The molecule has 10 heteroatoms. The minimum Gasteiger partial charge on any atom is -0.497 e. The van der Waals surface area contributed by atoms with Gasteiger partial charge >= 0.3 is 0 Å². The van der Waals surface area contributed by atoms with E-state index in [0.717, 1.165) is 6.54 Å². The van der Waals surface area contributed by atoms with Crippen LogP contribution in [0.25, 0.3) is 0 Å². The molecule has 0 fully saturated rings. The molecule has 1 aliphatic rings. The summed E-state index contributed by atoms with van der Waals surface area (Å²) in [6.45, 7) is 5.36. The van der Waals surface area contributed by atoms with E-state index in [2.05, 4.69) is 21.8 Å². The summed E-state index contributed by atoms with van der Waals surface area (Å²) in [6, 6.07) is 20.5. The molecule has 0 aliphatic carbocycles. The fourth-order valence-corrected chi connectivity index (χ4v) is 5.79. The SMILES string of the molecule is COc1ccc(S(=O)(=O)Nc2ccc3c(c2)C(=O)N([C@@H](C)CO)C[C@@H](C)[C@@H](CN(C)Cc2ccccc2)O3)cc1. The number of hydrogen-bond acceptors (Lipinski definition) is 7.